The second kappa shape index (κ2) is 9.66. The third-order valence-electron chi connectivity index (χ3n) is 6.30. The van der Waals surface area contributed by atoms with Crippen molar-refractivity contribution in [1.82, 2.24) is 9.80 Å². The normalized spacial score (nSPS) is 23.6. The van der Waals surface area contributed by atoms with Crippen LogP contribution in [0.5, 0.6) is 5.75 Å². The van der Waals surface area contributed by atoms with Crippen LogP contribution in [0.2, 0.25) is 0 Å². The third-order valence-corrected chi connectivity index (χ3v) is 6.30. The van der Waals surface area contributed by atoms with Crippen molar-refractivity contribution < 1.29 is 45.8 Å². The van der Waals surface area contributed by atoms with Crippen LogP contribution >= 0.6 is 0 Å². The number of methoxy groups -OCH3 is 1. The van der Waals surface area contributed by atoms with Crippen molar-refractivity contribution in [3.8, 4) is 5.75 Å². The Labute approximate surface area is 208 Å². The molecule has 37 heavy (non-hydrogen) atoms. The molecule has 198 valence electrons. The molecule has 2 saturated heterocycles. The fourth-order valence-electron chi connectivity index (χ4n) is 4.61. The van der Waals surface area contributed by atoms with Gasteiger partial charge in [-0.1, -0.05) is 30.3 Å². The summed E-state index contributed by atoms with van der Waals surface area (Å²) in [5.74, 6) is -2.28. The number of carboxylic acids is 1. The minimum atomic E-state index is -5.08. The fraction of sp³-hybridized carbons (Fsp3) is 0.360. The number of likely N-dealkylation sites (tertiary alicyclic amines) is 2. The van der Waals surface area contributed by atoms with E-state index in [0.717, 1.165) is 16.5 Å². The zero-order valence-electron chi connectivity index (χ0n) is 19.6. The lowest BCUT2D eigenvalue weighted by Gasteiger charge is -2.22. The van der Waals surface area contributed by atoms with Gasteiger partial charge >= 0.3 is 12.1 Å². The fourth-order valence-corrected chi connectivity index (χ4v) is 4.61. The Morgan fingerprint density at radius 3 is 2.38 bits per heavy atom. The quantitative estimate of drug-likeness (QED) is 0.498. The van der Waals surface area contributed by atoms with Gasteiger partial charge in [0.2, 0.25) is 5.67 Å². The molecule has 0 unspecified atom stereocenters. The summed E-state index contributed by atoms with van der Waals surface area (Å²) < 4.78 is 74.0. The maximum Gasteiger partial charge on any atom is 0.490 e. The number of hydrogen-bond donors (Lipinski definition) is 1. The first-order chi connectivity index (χ1) is 17.3. The number of rotatable bonds is 5. The van der Waals surface area contributed by atoms with Crippen molar-refractivity contribution in [2.75, 3.05) is 26.7 Å². The van der Waals surface area contributed by atoms with E-state index in [9.17, 15) is 18.0 Å². The first-order valence-electron chi connectivity index (χ1n) is 11.1. The molecule has 0 radical (unpaired) electrons. The first kappa shape index (κ1) is 26.4. The van der Waals surface area contributed by atoms with E-state index in [1.165, 1.54) is 4.90 Å². The topological polar surface area (TPSA) is 83.2 Å². The van der Waals surface area contributed by atoms with Crippen molar-refractivity contribution in [2.45, 2.75) is 30.6 Å². The number of hydrogen-bond acceptors (Lipinski definition) is 5. The molecule has 2 fully saturated rings. The maximum atomic E-state index is 15.7. The van der Waals surface area contributed by atoms with Crippen molar-refractivity contribution in [1.29, 1.82) is 0 Å². The summed E-state index contributed by atoms with van der Waals surface area (Å²) in [5, 5.41) is 8.07. The van der Waals surface area contributed by atoms with Crippen LogP contribution in [-0.2, 0) is 22.7 Å². The molecule has 1 N–H and O–H groups in total. The molecule has 2 aliphatic rings. The highest BCUT2D eigenvalue weighted by atomic mass is 19.4. The zero-order chi connectivity index (χ0) is 27.0. The Morgan fingerprint density at radius 1 is 1.05 bits per heavy atom. The van der Waals surface area contributed by atoms with Crippen LogP contribution in [0.15, 0.2) is 59.0 Å². The van der Waals surface area contributed by atoms with Crippen LogP contribution < -0.4 is 4.74 Å². The molecule has 12 heteroatoms. The number of ether oxygens (including phenoxy) is 1. The van der Waals surface area contributed by atoms with Gasteiger partial charge in [-0.25, -0.2) is 13.6 Å². The second-order valence-corrected chi connectivity index (χ2v) is 8.98. The summed E-state index contributed by atoms with van der Waals surface area (Å²) in [6.45, 7) is -0.294. The van der Waals surface area contributed by atoms with Crippen molar-refractivity contribution in [2.24, 2.45) is 0 Å². The number of amides is 1. The summed E-state index contributed by atoms with van der Waals surface area (Å²) in [4.78, 5) is 24.6. The predicted octanol–water partition coefficient (Wildman–Crippen LogP) is 4.35. The number of nitrogens with zero attached hydrogens (tertiary/aromatic N) is 2. The number of carboxylic acid groups (broad SMARTS) is 1. The van der Waals surface area contributed by atoms with Gasteiger partial charge in [0.25, 0.3) is 5.91 Å². The molecule has 3 heterocycles. The van der Waals surface area contributed by atoms with Gasteiger partial charge in [0.05, 0.1) is 20.2 Å². The molecule has 1 aromatic heterocycles. The Bertz CT molecular complexity index is 1280. The molecule has 3 aromatic rings. The van der Waals surface area contributed by atoms with Crippen molar-refractivity contribution in [3.63, 3.8) is 0 Å². The van der Waals surface area contributed by atoms with E-state index in [-0.39, 0.29) is 32.7 Å². The molecule has 1 amide bonds. The highest BCUT2D eigenvalue weighted by molar-refractivity contribution is 5.90. The van der Waals surface area contributed by atoms with Gasteiger partial charge in [0, 0.05) is 25.0 Å². The summed E-state index contributed by atoms with van der Waals surface area (Å²) in [7, 11) is 1.55. The average Bonchev–Trinajstić information content (AvgIpc) is 3.40. The molecule has 2 aromatic carbocycles. The van der Waals surface area contributed by atoms with Gasteiger partial charge in [0.15, 0.2) is 5.67 Å². The van der Waals surface area contributed by atoms with Crippen LogP contribution in [-0.4, -0.2) is 71.0 Å². The van der Waals surface area contributed by atoms with Crippen molar-refractivity contribution >= 4 is 22.8 Å². The van der Waals surface area contributed by atoms with Crippen LogP contribution in [0.3, 0.4) is 0 Å². The number of halogens is 5. The summed E-state index contributed by atoms with van der Waals surface area (Å²) >= 11 is 0. The lowest BCUT2D eigenvalue weighted by molar-refractivity contribution is -0.192. The summed E-state index contributed by atoms with van der Waals surface area (Å²) in [6.07, 6.45) is -5.08. The lowest BCUT2D eigenvalue weighted by atomic mass is 9.93. The van der Waals surface area contributed by atoms with Gasteiger partial charge in [-0.15, -0.1) is 0 Å². The average molecular weight is 526 g/mol. The largest absolute Gasteiger partial charge is 0.497 e. The second-order valence-electron chi connectivity index (χ2n) is 8.98. The molecular weight excluding hydrogens is 503 g/mol. The molecule has 2 aliphatic heterocycles. The summed E-state index contributed by atoms with van der Waals surface area (Å²) in [6, 6.07) is 16.6. The van der Waals surface area contributed by atoms with E-state index >= 15 is 8.78 Å². The molecule has 7 nitrogen and oxygen atoms in total. The highest BCUT2D eigenvalue weighted by Gasteiger charge is 2.70. The van der Waals surface area contributed by atoms with Crippen LogP contribution in [0.1, 0.15) is 11.3 Å². The monoisotopic (exact) mass is 526 g/mol. The molecule has 2 atom stereocenters. The van der Waals surface area contributed by atoms with Gasteiger partial charge in [-0.2, -0.15) is 13.2 Å². The van der Waals surface area contributed by atoms with Crippen LogP contribution in [0.4, 0.5) is 22.0 Å². The minimum Gasteiger partial charge on any atom is -0.497 e. The smallest absolute Gasteiger partial charge is 0.490 e. The van der Waals surface area contributed by atoms with Crippen molar-refractivity contribution in [3.05, 3.63) is 65.9 Å². The van der Waals surface area contributed by atoms with Gasteiger partial charge < -0.3 is 19.2 Å². The molecule has 0 bridgehead atoms. The van der Waals surface area contributed by atoms with Crippen LogP contribution in [0.25, 0.3) is 11.0 Å². The Balaban J connectivity index is 0.000000405. The molecule has 0 aliphatic carbocycles. The Hall–Kier alpha value is -3.67. The van der Waals surface area contributed by atoms with Crippen LogP contribution in [0, 0.1) is 0 Å². The molecule has 5 rings (SSSR count). The third kappa shape index (κ3) is 5.24. The van der Waals surface area contributed by atoms with Gasteiger partial charge in [-0.05, 0) is 29.8 Å². The Morgan fingerprint density at radius 2 is 1.76 bits per heavy atom. The number of benzene rings is 2. The lowest BCUT2D eigenvalue weighted by Crippen LogP contribution is -2.47. The number of alkyl halides is 5. The standard InChI is InChI=1S/C23H22F2N2O3.C2HF3O2/c1-29-18-7-4-5-16(9-18)11-27-14-22(24)13-26(15-23(22,25)21(27)28)12-19-10-17-6-2-3-8-20(17)30-19;3-2(4,5)1(6)7/h2-10H,11-15H2,1H3;(H,6,7)/t22-,23+;/m0./s1. The first-order valence-corrected chi connectivity index (χ1v) is 11.1. The van der Waals surface area contributed by atoms with E-state index in [2.05, 4.69) is 0 Å². The van der Waals surface area contributed by atoms with E-state index in [1.54, 1.807) is 30.2 Å². The SMILES string of the molecule is COc1cccc(CN2C[C@@]3(F)CN(Cc4cc5ccccc5o4)C[C@@]3(F)C2=O)c1.O=C(O)C(F)(F)F. The number of para-hydroxylation sites is 1. The number of carbonyl (C=O) groups excluding carboxylic acids is 1. The van der Waals surface area contributed by atoms with E-state index in [1.807, 2.05) is 36.4 Å². The minimum absolute atomic E-state index is 0.150. The van der Waals surface area contributed by atoms with E-state index in [4.69, 9.17) is 19.1 Å². The molecular formula is C25H23F5N2O5. The maximum absolute atomic E-state index is 15.7. The summed E-state index contributed by atoms with van der Waals surface area (Å²) in [5.41, 5.74) is -3.28. The number of carbonyl (C=O) groups is 2. The number of furan rings is 1. The zero-order valence-corrected chi connectivity index (χ0v) is 19.6. The predicted molar refractivity (Wildman–Crippen MR) is 121 cm³/mol. The molecule has 0 spiro atoms. The van der Waals surface area contributed by atoms with Gasteiger partial charge in [0.1, 0.15) is 17.1 Å². The molecule has 0 saturated carbocycles. The van der Waals surface area contributed by atoms with E-state index in [0.29, 0.717) is 11.5 Å². The number of fused-ring (bicyclic) bond motifs is 2. The van der Waals surface area contributed by atoms with E-state index < -0.39 is 29.4 Å². The number of aliphatic carboxylic acids is 1. The Kier molecular flexibility index (Phi) is 6.89. The van der Waals surface area contributed by atoms with Gasteiger partial charge in [-0.3, -0.25) is 9.69 Å². The highest BCUT2D eigenvalue weighted by Crippen LogP contribution is 2.46.